The number of hydrogen-bond acceptors (Lipinski definition) is 3. The number of para-hydroxylation sites is 1. The Morgan fingerprint density at radius 3 is 2.41 bits per heavy atom. The van der Waals surface area contributed by atoms with E-state index in [0.717, 1.165) is 0 Å². The van der Waals surface area contributed by atoms with Crippen molar-refractivity contribution >= 4 is 11.9 Å². The molecule has 8 heteroatoms. The number of carbonyl (C=O) groups excluding carboxylic acids is 1. The summed E-state index contributed by atoms with van der Waals surface area (Å²) in [5.74, 6) is -1.65. The lowest BCUT2D eigenvalue weighted by atomic mass is 10.1. The molecule has 5 nitrogen and oxygen atoms in total. The van der Waals surface area contributed by atoms with Crippen LogP contribution in [0, 0.1) is 0 Å². The molecule has 0 unspecified atom stereocenters. The SMILES string of the molecule is O=C(O)CCCCC(=O)NCc1ccccc1OC(F)(F)F. The molecule has 0 fully saturated rings. The molecule has 0 aliphatic heterocycles. The summed E-state index contributed by atoms with van der Waals surface area (Å²) >= 11 is 0. The Kier molecular flexibility index (Phi) is 6.68. The first-order valence-corrected chi connectivity index (χ1v) is 6.60. The van der Waals surface area contributed by atoms with Gasteiger partial charge in [0, 0.05) is 24.9 Å². The summed E-state index contributed by atoms with van der Waals surface area (Å²) in [5, 5.41) is 10.9. The molecule has 0 aliphatic rings. The van der Waals surface area contributed by atoms with E-state index in [-0.39, 0.29) is 36.6 Å². The van der Waals surface area contributed by atoms with Gasteiger partial charge in [-0.3, -0.25) is 9.59 Å². The maximum Gasteiger partial charge on any atom is 0.573 e. The Bertz CT molecular complexity index is 517. The number of carboxylic acids is 1. The lowest BCUT2D eigenvalue weighted by Crippen LogP contribution is -2.24. The van der Waals surface area contributed by atoms with Crippen LogP contribution in [0.25, 0.3) is 0 Å². The van der Waals surface area contributed by atoms with Crippen molar-refractivity contribution in [3.8, 4) is 5.75 Å². The molecular weight excluding hydrogens is 303 g/mol. The van der Waals surface area contributed by atoms with E-state index < -0.39 is 12.3 Å². The zero-order valence-corrected chi connectivity index (χ0v) is 11.7. The largest absolute Gasteiger partial charge is 0.573 e. The van der Waals surface area contributed by atoms with Gasteiger partial charge in [0.05, 0.1) is 0 Å². The minimum absolute atomic E-state index is 0.0183. The number of alkyl halides is 3. The van der Waals surface area contributed by atoms with Gasteiger partial charge in [-0.1, -0.05) is 18.2 Å². The van der Waals surface area contributed by atoms with E-state index in [1.54, 1.807) is 0 Å². The van der Waals surface area contributed by atoms with Gasteiger partial charge in [0.25, 0.3) is 0 Å². The normalized spacial score (nSPS) is 11.0. The average Bonchev–Trinajstić information content (AvgIpc) is 2.41. The van der Waals surface area contributed by atoms with Crippen molar-refractivity contribution in [3.05, 3.63) is 29.8 Å². The molecule has 0 radical (unpaired) electrons. The van der Waals surface area contributed by atoms with Crippen LogP contribution in [0.2, 0.25) is 0 Å². The molecule has 1 aromatic carbocycles. The van der Waals surface area contributed by atoms with E-state index in [9.17, 15) is 22.8 Å². The van der Waals surface area contributed by atoms with Crippen molar-refractivity contribution in [2.24, 2.45) is 0 Å². The number of rotatable bonds is 8. The van der Waals surface area contributed by atoms with Crippen LogP contribution in [-0.2, 0) is 16.1 Å². The molecule has 0 aliphatic carbocycles. The van der Waals surface area contributed by atoms with Gasteiger partial charge in [-0.05, 0) is 18.9 Å². The second-order valence-electron chi connectivity index (χ2n) is 4.53. The summed E-state index contributed by atoms with van der Waals surface area (Å²) in [7, 11) is 0. The second-order valence-corrected chi connectivity index (χ2v) is 4.53. The molecule has 0 atom stereocenters. The van der Waals surface area contributed by atoms with Gasteiger partial charge in [0.2, 0.25) is 5.91 Å². The summed E-state index contributed by atoms with van der Waals surface area (Å²) in [4.78, 5) is 21.8. The highest BCUT2D eigenvalue weighted by molar-refractivity contribution is 5.76. The first kappa shape index (κ1) is 17.8. The topological polar surface area (TPSA) is 75.6 Å². The van der Waals surface area contributed by atoms with E-state index in [2.05, 4.69) is 10.1 Å². The third-order valence-corrected chi connectivity index (χ3v) is 2.72. The van der Waals surface area contributed by atoms with E-state index in [0.29, 0.717) is 12.8 Å². The molecule has 1 rings (SSSR count). The molecular formula is C14H16F3NO4. The summed E-state index contributed by atoms with van der Waals surface area (Å²) in [6, 6.07) is 5.53. The predicted molar refractivity (Wildman–Crippen MR) is 71.1 cm³/mol. The van der Waals surface area contributed by atoms with Crippen LogP contribution in [0.1, 0.15) is 31.2 Å². The lowest BCUT2D eigenvalue weighted by Gasteiger charge is -2.13. The molecule has 22 heavy (non-hydrogen) atoms. The Labute approximate surface area is 125 Å². The highest BCUT2D eigenvalue weighted by Gasteiger charge is 2.31. The second kappa shape index (κ2) is 8.26. The first-order valence-electron chi connectivity index (χ1n) is 6.60. The van der Waals surface area contributed by atoms with Gasteiger partial charge in [-0.2, -0.15) is 0 Å². The number of unbranched alkanes of at least 4 members (excludes halogenated alkanes) is 1. The van der Waals surface area contributed by atoms with Crippen LogP contribution < -0.4 is 10.1 Å². The fourth-order valence-electron chi connectivity index (χ4n) is 1.72. The minimum Gasteiger partial charge on any atom is -0.481 e. The van der Waals surface area contributed by atoms with Crippen LogP contribution in [0.4, 0.5) is 13.2 Å². The molecule has 0 bridgehead atoms. The summed E-state index contributed by atoms with van der Waals surface area (Å²) in [5.41, 5.74) is 0.207. The first-order chi connectivity index (χ1) is 10.3. The summed E-state index contributed by atoms with van der Waals surface area (Å²) in [6.07, 6.45) is -3.92. The summed E-state index contributed by atoms with van der Waals surface area (Å²) in [6.45, 7) is -0.0932. The fraction of sp³-hybridized carbons (Fsp3) is 0.429. The zero-order chi connectivity index (χ0) is 16.6. The molecule has 1 amide bonds. The molecule has 0 heterocycles. The van der Waals surface area contributed by atoms with Crippen LogP contribution in [0.3, 0.4) is 0 Å². The number of benzene rings is 1. The number of carboxylic acid groups (broad SMARTS) is 1. The molecule has 0 saturated heterocycles. The highest BCUT2D eigenvalue weighted by Crippen LogP contribution is 2.26. The molecule has 0 aromatic heterocycles. The number of aliphatic carboxylic acids is 1. The van der Waals surface area contributed by atoms with Gasteiger partial charge in [0.15, 0.2) is 0 Å². The van der Waals surface area contributed by atoms with Crippen LogP contribution in [-0.4, -0.2) is 23.3 Å². The number of halogens is 3. The monoisotopic (exact) mass is 319 g/mol. The maximum atomic E-state index is 12.2. The van der Waals surface area contributed by atoms with Gasteiger partial charge >= 0.3 is 12.3 Å². The molecule has 0 spiro atoms. The van der Waals surface area contributed by atoms with Crippen LogP contribution >= 0.6 is 0 Å². The molecule has 122 valence electrons. The van der Waals surface area contributed by atoms with E-state index in [1.807, 2.05) is 0 Å². The molecule has 2 N–H and O–H groups in total. The molecule has 0 saturated carbocycles. The van der Waals surface area contributed by atoms with Crippen molar-refractivity contribution in [3.63, 3.8) is 0 Å². The van der Waals surface area contributed by atoms with Crippen molar-refractivity contribution in [1.82, 2.24) is 5.32 Å². The third-order valence-electron chi connectivity index (χ3n) is 2.72. The Balaban J connectivity index is 2.44. The van der Waals surface area contributed by atoms with Gasteiger partial charge in [0.1, 0.15) is 5.75 Å². The quantitative estimate of drug-likeness (QED) is 0.723. The number of ether oxygens (including phenoxy) is 1. The van der Waals surface area contributed by atoms with Crippen LogP contribution in [0.5, 0.6) is 5.75 Å². The Hall–Kier alpha value is -2.25. The Morgan fingerprint density at radius 2 is 1.77 bits per heavy atom. The number of amides is 1. The smallest absolute Gasteiger partial charge is 0.481 e. The standard InChI is InChI=1S/C14H16F3NO4/c15-14(16,17)22-11-6-2-1-5-10(11)9-18-12(19)7-3-4-8-13(20)21/h1-2,5-6H,3-4,7-9H2,(H,18,19)(H,20,21). The fourth-order valence-corrected chi connectivity index (χ4v) is 1.72. The summed E-state index contributed by atoms with van der Waals surface area (Å²) < 4.78 is 40.6. The van der Waals surface area contributed by atoms with E-state index in [1.165, 1.54) is 24.3 Å². The zero-order valence-electron chi connectivity index (χ0n) is 11.7. The van der Waals surface area contributed by atoms with E-state index in [4.69, 9.17) is 5.11 Å². The van der Waals surface area contributed by atoms with Crippen molar-refractivity contribution in [2.45, 2.75) is 38.6 Å². The van der Waals surface area contributed by atoms with Crippen LogP contribution in [0.15, 0.2) is 24.3 Å². The van der Waals surface area contributed by atoms with Gasteiger partial charge in [-0.25, -0.2) is 0 Å². The van der Waals surface area contributed by atoms with E-state index >= 15 is 0 Å². The van der Waals surface area contributed by atoms with Gasteiger partial charge in [-0.15, -0.1) is 13.2 Å². The maximum absolute atomic E-state index is 12.2. The van der Waals surface area contributed by atoms with Gasteiger partial charge < -0.3 is 15.2 Å². The Morgan fingerprint density at radius 1 is 1.14 bits per heavy atom. The minimum atomic E-state index is -4.79. The molecule has 1 aromatic rings. The number of nitrogens with one attached hydrogen (secondary N) is 1. The predicted octanol–water partition coefficient (Wildman–Crippen LogP) is 2.85. The van der Waals surface area contributed by atoms with Crippen molar-refractivity contribution in [2.75, 3.05) is 0 Å². The number of hydrogen-bond donors (Lipinski definition) is 2. The highest BCUT2D eigenvalue weighted by atomic mass is 19.4. The van der Waals surface area contributed by atoms with Crippen molar-refractivity contribution < 1.29 is 32.6 Å². The number of carbonyl (C=O) groups is 2. The van der Waals surface area contributed by atoms with Crippen molar-refractivity contribution in [1.29, 1.82) is 0 Å². The average molecular weight is 319 g/mol. The lowest BCUT2D eigenvalue weighted by molar-refractivity contribution is -0.274. The third kappa shape index (κ3) is 7.51.